The third kappa shape index (κ3) is 7.48. The third-order valence-electron chi connectivity index (χ3n) is 4.30. The molecule has 0 aliphatic rings. The van der Waals surface area contributed by atoms with Crippen molar-refractivity contribution in [3.63, 3.8) is 0 Å². The molecule has 4 nitrogen and oxygen atoms in total. The van der Waals surface area contributed by atoms with Crippen LogP contribution in [0, 0.1) is 5.82 Å². The number of amides is 2. The number of nitrogens with zero attached hydrogens (tertiary/aromatic N) is 1. The second kappa shape index (κ2) is 11.4. The number of hydrogen-bond donors (Lipinski definition) is 1. The minimum atomic E-state index is -0.696. The fourth-order valence-corrected chi connectivity index (χ4v) is 3.85. The van der Waals surface area contributed by atoms with Crippen molar-refractivity contribution >= 4 is 39.5 Å². The Morgan fingerprint density at radius 3 is 2.38 bits per heavy atom. The van der Waals surface area contributed by atoms with Crippen LogP contribution in [0.15, 0.2) is 53.0 Å². The second-order valence-corrected chi connectivity index (χ2v) is 8.97. The lowest BCUT2D eigenvalue weighted by Crippen LogP contribution is -2.49. The summed E-state index contributed by atoms with van der Waals surface area (Å²) in [4.78, 5) is 26.9. The van der Waals surface area contributed by atoms with Gasteiger partial charge in [-0.15, -0.1) is 11.8 Å². The molecule has 0 radical (unpaired) electrons. The lowest BCUT2D eigenvalue weighted by atomic mass is 10.1. The molecular formula is C22H26BrFN2O2S. The average Bonchev–Trinajstić information content (AvgIpc) is 2.67. The van der Waals surface area contributed by atoms with E-state index in [0.29, 0.717) is 11.3 Å². The van der Waals surface area contributed by atoms with E-state index in [1.54, 1.807) is 25.1 Å². The lowest BCUT2D eigenvalue weighted by molar-refractivity contribution is -0.138. The van der Waals surface area contributed by atoms with Crippen LogP contribution in [0.2, 0.25) is 0 Å². The Morgan fingerprint density at radius 2 is 1.76 bits per heavy atom. The van der Waals surface area contributed by atoms with Gasteiger partial charge in [0.25, 0.3) is 0 Å². The Hall–Kier alpha value is -1.86. The Labute approximate surface area is 184 Å². The smallest absolute Gasteiger partial charge is 0.242 e. The summed E-state index contributed by atoms with van der Waals surface area (Å²) in [5, 5.41) is 2.83. The van der Waals surface area contributed by atoms with Crippen molar-refractivity contribution in [3.05, 3.63) is 69.9 Å². The number of hydrogen-bond acceptors (Lipinski definition) is 3. The van der Waals surface area contributed by atoms with Gasteiger partial charge in [0, 0.05) is 28.4 Å². The summed E-state index contributed by atoms with van der Waals surface area (Å²) in [6.07, 6.45) is 0. The maximum absolute atomic E-state index is 14.1. The zero-order chi connectivity index (χ0) is 21.4. The summed E-state index contributed by atoms with van der Waals surface area (Å²) in [6, 6.07) is 13.5. The summed E-state index contributed by atoms with van der Waals surface area (Å²) in [7, 11) is 0. The molecule has 0 bridgehead atoms. The minimum Gasteiger partial charge on any atom is -0.352 e. The molecule has 0 aliphatic heterocycles. The first-order valence-electron chi connectivity index (χ1n) is 9.43. The van der Waals surface area contributed by atoms with Crippen LogP contribution in [0.1, 0.15) is 31.9 Å². The zero-order valence-electron chi connectivity index (χ0n) is 16.8. The van der Waals surface area contributed by atoms with Crippen molar-refractivity contribution in [3.8, 4) is 0 Å². The summed E-state index contributed by atoms with van der Waals surface area (Å²) < 4.78 is 15.1. The maximum Gasteiger partial charge on any atom is 0.242 e. The molecule has 2 aromatic carbocycles. The highest BCUT2D eigenvalue weighted by atomic mass is 79.9. The number of carbonyl (C=O) groups excluding carboxylic acids is 2. The van der Waals surface area contributed by atoms with E-state index in [0.717, 1.165) is 10.0 Å². The van der Waals surface area contributed by atoms with E-state index in [9.17, 15) is 14.0 Å². The molecule has 29 heavy (non-hydrogen) atoms. The van der Waals surface area contributed by atoms with Crippen LogP contribution in [0.5, 0.6) is 0 Å². The molecule has 0 aromatic heterocycles. The molecule has 1 atom stereocenters. The minimum absolute atomic E-state index is 0.0397. The third-order valence-corrected chi connectivity index (χ3v) is 5.82. The van der Waals surface area contributed by atoms with E-state index in [-0.39, 0.29) is 36.0 Å². The van der Waals surface area contributed by atoms with E-state index in [2.05, 4.69) is 21.2 Å². The first kappa shape index (κ1) is 23.4. The molecule has 2 rings (SSSR count). The Balaban J connectivity index is 2.07. The van der Waals surface area contributed by atoms with E-state index in [1.165, 1.54) is 22.7 Å². The number of carbonyl (C=O) groups is 2. The number of nitrogens with one attached hydrogen (secondary N) is 1. The van der Waals surface area contributed by atoms with Crippen LogP contribution < -0.4 is 5.32 Å². The van der Waals surface area contributed by atoms with Crippen LogP contribution in [0.4, 0.5) is 4.39 Å². The Morgan fingerprint density at radius 1 is 1.10 bits per heavy atom. The van der Waals surface area contributed by atoms with Crippen molar-refractivity contribution < 1.29 is 14.0 Å². The van der Waals surface area contributed by atoms with Gasteiger partial charge in [-0.1, -0.05) is 46.3 Å². The fraction of sp³-hybridized carbons (Fsp3) is 0.364. The zero-order valence-corrected chi connectivity index (χ0v) is 19.2. The second-order valence-electron chi connectivity index (χ2n) is 7.07. The highest BCUT2D eigenvalue weighted by Crippen LogP contribution is 2.18. The molecule has 2 amide bonds. The molecule has 0 heterocycles. The van der Waals surface area contributed by atoms with Crippen LogP contribution in [0.3, 0.4) is 0 Å². The van der Waals surface area contributed by atoms with E-state index < -0.39 is 6.04 Å². The van der Waals surface area contributed by atoms with Crippen LogP contribution in [-0.4, -0.2) is 34.6 Å². The van der Waals surface area contributed by atoms with Gasteiger partial charge in [0.05, 0.1) is 5.75 Å². The normalized spacial score (nSPS) is 11.9. The van der Waals surface area contributed by atoms with E-state index >= 15 is 0 Å². The number of rotatable bonds is 9. The standard InChI is InChI=1S/C22H26BrFN2O2S/c1-15(2)25-22(28)16(3)26(12-18-6-4-5-7-20(18)24)21(27)14-29-13-17-8-10-19(23)11-9-17/h4-11,15-16H,12-14H2,1-3H3,(H,25,28)/t16-/m0/s1. The molecule has 0 unspecified atom stereocenters. The topological polar surface area (TPSA) is 49.4 Å². The SMILES string of the molecule is CC(C)NC(=O)[C@H](C)N(Cc1ccccc1F)C(=O)CSCc1ccc(Br)cc1. The first-order valence-corrected chi connectivity index (χ1v) is 11.4. The molecule has 0 fully saturated rings. The summed E-state index contributed by atoms with van der Waals surface area (Å²) in [5.74, 6) is 0.0665. The quantitative estimate of drug-likeness (QED) is 0.562. The summed E-state index contributed by atoms with van der Waals surface area (Å²) >= 11 is 4.88. The largest absolute Gasteiger partial charge is 0.352 e. The molecule has 0 aliphatic carbocycles. The van der Waals surface area contributed by atoms with E-state index in [1.807, 2.05) is 38.1 Å². The van der Waals surface area contributed by atoms with Gasteiger partial charge in [-0.05, 0) is 44.5 Å². The van der Waals surface area contributed by atoms with Crippen LogP contribution in [-0.2, 0) is 21.9 Å². The molecule has 1 N–H and O–H groups in total. The fourth-order valence-electron chi connectivity index (χ4n) is 2.72. The maximum atomic E-state index is 14.1. The predicted octanol–water partition coefficient (Wildman–Crippen LogP) is 4.76. The van der Waals surface area contributed by atoms with Gasteiger partial charge in [-0.2, -0.15) is 0 Å². The number of benzene rings is 2. The molecule has 0 spiro atoms. The summed E-state index contributed by atoms with van der Waals surface area (Å²) in [5.41, 5.74) is 1.50. The van der Waals surface area contributed by atoms with Gasteiger partial charge in [-0.3, -0.25) is 9.59 Å². The Bertz CT molecular complexity index is 830. The highest BCUT2D eigenvalue weighted by Gasteiger charge is 2.27. The molecule has 156 valence electrons. The van der Waals surface area contributed by atoms with Gasteiger partial charge in [0.2, 0.25) is 11.8 Å². The van der Waals surface area contributed by atoms with Gasteiger partial charge in [-0.25, -0.2) is 4.39 Å². The molecular weight excluding hydrogens is 455 g/mol. The van der Waals surface area contributed by atoms with Crippen molar-refractivity contribution in [2.24, 2.45) is 0 Å². The Kier molecular flexibility index (Phi) is 9.17. The molecule has 2 aromatic rings. The number of thioether (sulfide) groups is 1. The molecule has 0 saturated carbocycles. The van der Waals surface area contributed by atoms with Crippen molar-refractivity contribution in [1.82, 2.24) is 10.2 Å². The number of halogens is 2. The highest BCUT2D eigenvalue weighted by molar-refractivity contribution is 9.10. The van der Waals surface area contributed by atoms with Gasteiger partial charge < -0.3 is 10.2 Å². The van der Waals surface area contributed by atoms with Gasteiger partial charge in [0.15, 0.2) is 0 Å². The molecule has 0 saturated heterocycles. The van der Waals surface area contributed by atoms with Crippen LogP contribution in [0.25, 0.3) is 0 Å². The van der Waals surface area contributed by atoms with Crippen LogP contribution >= 0.6 is 27.7 Å². The van der Waals surface area contributed by atoms with Crippen molar-refractivity contribution in [2.75, 3.05) is 5.75 Å². The van der Waals surface area contributed by atoms with Crippen molar-refractivity contribution in [1.29, 1.82) is 0 Å². The van der Waals surface area contributed by atoms with Gasteiger partial charge in [0.1, 0.15) is 11.9 Å². The molecule has 7 heteroatoms. The predicted molar refractivity (Wildman–Crippen MR) is 120 cm³/mol. The first-order chi connectivity index (χ1) is 13.8. The average molecular weight is 481 g/mol. The van der Waals surface area contributed by atoms with Crippen molar-refractivity contribution in [2.45, 2.75) is 45.2 Å². The summed E-state index contributed by atoms with van der Waals surface area (Å²) in [6.45, 7) is 5.45. The van der Waals surface area contributed by atoms with E-state index in [4.69, 9.17) is 0 Å². The van der Waals surface area contributed by atoms with Gasteiger partial charge >= 0.3 is 0 Å². The lowest BCUT2D eigenvalue weighted by Gasteiger charge is -2.29. The monoisotopic (exact) mass is 480 g/mol.